The summed E-state index contributed by atoms with van der Waals surface area (Å²) in [5.74, 6) is 0.00718. The molecule has 0 radical (unpaired) electrons. The number of amides is 3. The van der Waals surface area contributed by atoms with Gasteiger partial charge in [-0.3, -0.25) is 15.0 Å². The first-order valence-electron chi connectivity index (χ1n) is 5.51. The predicted molar refractivity (Wildman–Crippen MR) is 60.5 cm³/mol. The summed E-state index contributed by atoms with van der Waals surface area (Å²) in [5, 5.41) is 2.09. The smallest absolute Gasteiger partial charge is 0.318 e. The van der Waals surface area contributed by atoms with Gasteiger partial charge in [-0.25, -0.2) is 4.79 Å². The molecular formula is C10H20N4O2. The van der Waals surface area contributed by atoms with Gasteiger partial charge in [0, 0.05) is 19.1 Å². The van der Waals surface area contributed by atoms with Crippen LogP contribution in [0.15, 0.2) is 0 Å². The number of carbonyl (C=O) groups is 2. The maximum Gasteiger partial charge on any atom is 0.318 e. The summed E-state index contributed by atoms with van der Waals surface area (Å²) in [7, 11) is 0. The number of hydrogen-bond acceptors (Lipinski definition) is 4. The van der Waals surface area contributed by atoms with E-state index in [2.05, 4.69) is 12.2 Å². The van der Waals surface area contributed by atoms with Crippen LogP contribution in [0.4, 0.5) is 4.79 Å². The first-order valence-corrected chi connectivity index (χ1v) is 5.51. The second-order valence-corrected chi connectivity index (χ2v) is 4.45. The third-order valence-electron chi connectivity index (χ3n) is 3.18. The molecule has 1 aliphatic heterocycles. The highest BCUT2D eigenvalue weighted by atomic mass is 16.2. The van der Waals surface area contributed by atoms with Gasteiger partial charge in [-0.05, 0) is 19.3 Å². The van der Waals surface area contributed by atoms with E-state index in [9.17, 15) is 9.59 Å². The van der Waals surface area contributed by atoms with E-state index in [1.807, 2.05) is 4.90 Å². The fourth-order valence-electron chi connectivity index (χ4n) is 1.94. The molecule has 3 amide bonds. The number of nitrogens with two attached hydrogens (primary N) is 2. The number of nitrogens with zero attached hydrogens (tertiary/aromatic N) is 1. The number of urea groups is 1. The van der Waals surface area contributed by atoms with Gasteiger partial charge < -0.3 is 11.5 Å². The van der Waals surface area contributed by atoms with Gasteiger partial charge in [0.05, 0.1) is 6.04 Å². The Morgan fingerprint density at radius 1 is 1.50 bits per heavy atom. The molecule has 3 unspecified atom stereocenters. The molecule has 1 rings (SSSR count). The summed E-state index contributed by atoms with van der Waals surface area (Å²) >= 11 is 0. The van der Waals surface area contributed by atoms with Gasteiger partial charge in [-0.1, -0.05) is 6.92 Å². The summed E-state index contributed by atoms with van der Waals surface area (Å²) in [5.41, 5.74) is 10.8. The van der Waals surface area contributed by atoms with Gasteiger partial charge in [0.25, 0.3) is 0 Å². The molecular weight excluding hydrogens is 208 g/mol. The van der Waals surface area contributed by atoms with Crippen molar-refractivity contribution in [2.45, 2.75) is 32.4 Å². The first-order chi connectivity index (χ1) is 7.41. The van der Waals surface area contributed by atoms with Crippen LogP contribution in [0.2, 0.25) is 0 Å². The zero-order valence-electron chi connectivity index (χ0n) is 9.77. The van der Waals surface area contributed by atoms with E-state index in [0.29, 0.717) is 5.92 Å². The number of carbonyl (C=O) groups excluding carboxylic acids is 2. The molecule has 5 N–H and O–H groups in total. The van der Waals surface area contributed by atoms with Crippen molar-refractivity contribution in [3.05, 3.63) is 0 Å². The van der Waals surface area contributed by atoms with Crippen LogP contribution < -0.4 is 16.8 Å². The molecule has 1 saturated heterocycles. The maximum absolute atomic E-state index is 11.6. The van der Waals surface area contributed by atoms with E-state index >= 15 is 0 Å². The highest BCUT2D eigenvalue weighted by molar-refractivity contribution is 5.96. The van der Waals surface area contributed by atoms with Gasteiger partial charge in [-0.15, -0.1) is 0 Å². The molecule has 0 bridgehead atoms. The average Bonchev–Trinajstić information content (AvgIpc) is 2.20. The molecule has 0 aromatic rings. The minimum absolute atomic E-state index is 0.197. The molecule has 0 spiro atoms. The van der Waals surface area contributed by atoms with Crippen molar-refractivity contribution in [1.29, 1.82) is 0 Å². The van der Waals surface area contributed by atoms with Crippen molar-refractivity contribution >= 4 is 11.9 Å². The van der Waals surface area contributed by atoms with E-state index in [4.69, 9.17) is 11.5 Å². The van der Waals surface area contributed by atoms with Crippen LogP contribution >= 0.6 is 0 Å². The molecule has 1 aliphatic rings. The van der Waals surface area contributed by atoms with Crippen molar-refractivity contribution in [3.8, 4) is 0 Å². The number of imide groups is 1. The number of nitrogens with one attached hydrogen (secondary N) is 1. The highest BCUT2D eigenvalue weighted by Crippen LogP contribution is 2.17. The van der Waals surface area contributed by atoms with Crippen LogP contribution in [0.5, 0.6) is 0 Å². The highest BCUT2D eigenvalue weighted by Gasteiger charge is 2.29. The van der Waals surface area contributed by atoms with Gasteiger partial charge in [0.15, 0.2) is 0 Å². The zero-order chi connectivity index (χ0) is 12.3. The quantitative estimate of drug-likeness (QED) is 0.578. The monoisotopic (exact) mass is 228 g/mol. The Labute approximate surface area is 95.3 Å². The van der Waals surface area contributed by atoms with Crippen LogP contribution in [0.25, 0.3) is 0 Å². The molecule has 3 atom stereocenters. The van der Waals surface area contributed by atoms with Crippen LogP contribution in [0, 0.1) is 5.92 Å². The second-order valence-electron chi connectivity index (χ2n) is 4.45. The Bertz CT molecular complexity index is 282. The lowest BCUT2D eigenvalue weighted by Gasteiger charge is -2.37. The lowest BCUT2D eigenvalue weighted by atomic mass is 9.94. The van der Waals surface area contributed by atoms with Crippen LogP contribution in [-0.4, -0.2) is 42.0 Å². The molecule has 6 heteroatoms. The van der Waals surface area contributed by atoms with Crippen LogP contribution in [-0.2, 0) is 4.79 Å². The summed E-state index contributed by atoms with van der Waals surface area (Å²) in [6.07, 6.45) is 0.870. The van der Waals surface area contributed by atoms with Gasteiger partial charge in [0.1, 0.15) is 0 Å². The summed E-state index contributed by atoms with van der Waals surface area (Å²) in [4.78, 5) is 24.1. The Kier molecular flexibility index (Phi) is 4.26. The fraction of sp³-hybridized carbons (Fsp3) is 0.800. The van der Waals surface area contributed by atoms with Crippen LogP contribution in [0.1, 0.15) is 20.3 Å². The Balaban J connectivity index is 2.51. The molecule has 0 aromatic carbocycles. The van der Waals surface area contributed by atoms with Crippen molar-refractivity contribution in [3.63, 3.8) is 0 Å². The minimum atomic E-state index is -0.807. The number of likely N-dealkylation sites (tertiary alicyclic amines) is 1. The number of rotatable bonds is 2. The molecule has 16 heavy (non-hydrogen) atoms. The molecule has 0 saturated carbocycles. The summed E-state index contributed by atoms with van der Waals surface area (Å²) in [6.45, 7) is 5.38. The summed E-state index contributed by atoms with van der Waals surface area (Å²) in [6, 6.07) is -0.955. The average molecular weight is 228 g/mol. The number of primary amides is 1. The standard InChI is InChI=1S/C10H20N4O2/c1-6-5-14(4-3-8(6)11)7(2)9(15)13-10(12)16/h6-8H,3-5,11H2,1-2H3,(H3,12,13,15,16). The zero-order valence-corrected chi connectivity index (χ0v) is 9.77. The molecule has 1 heterocycles. The van der Waals surface area contributed by atoms with E-state index in [-0.39, 0.29) is 18.0 Å². The summed E-state index contributed by atoms with van der Waals surface area (Å²) < 4.78 is 0. The fourth-order valence-corrected chi connectivity index (χ4v) is 1.94. The van der Waals surface area contributed by atoms with Crippen molar-refractivity contribution in [2.24, 2.45) is 17.4 Å². The number of hydrogen-bond donors (Lipinski definition) is 3. The maximum atomic E-state index is 11.6. The predicted octanol–water partition coefficient (Wildman–Crippen LogP) is -0.761. The number of piperidine rings is 1. The van der Waals surface area contributed by atoms with Crippen molar-refractivity contribution in [2.75, 3.05) is 13.1 Å². The van der Waals surface area contributed by atoms with E-state index in [1.54, 1.807) is 6.92 Å². The largest absolute Gasteiger partial charge is 0.351 e. The van der Waals surface area contributed by atoms with Gasteiger partial charge in [0.2, 0.25) is 5.91 Å². The van der Waals surface area contributed by atoms with E-state index in [1.165, 1.54) is 0 Å². The third-order valence-corrected chi connectivity index (χ3v) is 3.18. The lowest BCUT2D eigenvalue weighted by molar-refractivity contribution is -0.125. The normalized spacial score (nSPS) is 28.4. The Morgan fingerprint density at radius 2 is 2.12 bits per heavy atom. The molecule has 6 nitrogen and oxygen atoms in total. The minimum Gasteiger partial charge on any atom is -0.351 e. The topological polar surface area (TPSA) is 101 Å². The van der Waals surface area contributed by atoms with Gasteiger partial charge >= 0.3 is 6.03 Å². The van der Waals surface area contributed by atoms with E-state index in [0.717, 1.165) is 19.5 Å². The van der Waals surface area contributed by atoms with Gasteiger partial charge in [-0.2, -0.15) is 0 Å². The van der Waals surface area contributed by atoms with Crippen molar-refractivity contribution < 1.29 is 9.59 Å². The molecule has 0 aromatic heterocycles. The first kappa shape index (κ1) is 12.9. The molecule has 92 valence electrons. The Morgan fingerprint density at radius 3 is 2.62 bits per heavy atom. The Hall–Kier alpha value is -1.14. The van der Waals surface area contributed by atoms with Crippen molar-refractivity contribution in [1.82, 2.24) is 10.2 Å². The van der Waals surface area contributed by atoms with E-state index < -0.39 is 6.03 Å². The van der Waals surface area contributed by atoms with Crippen LogP contribution in [0.3, 0.4) is 0 Å². The second kappa shape index (κ2) is 5.27. The molecule has 1 fully saturated rings. The third kappa shape index (κ3) is 3.18. The molecule has 0 aliphatic carbocycles. The SMILES string of the molecule is CC1CN(C(C)C(=O)NC(N)=O)CCC1N. The lowest BCUT2D eigenvalue weighted by Crippen LogP contribution is -2.54.